The minimum Gasteiger partial charge on any atom is -0.482 e. The first kappa shape index (κ1) is 20.5. The first-order valence-corrected chi connectivity index (χ1v) is 8.95. The highest BCUT2D eigenvalue weighted by Crippen LogP contribution is 2.22. The molecule has 5 nitrogen and oxygen atoms in total. The minimum atomic E-state index is -0.916. The molecule has 2 aromatic carbocycles. The molecule has 27 heavy (non-hydrogen) atoms. The molecule has 144 valence electrons. The van der Waals surface area contributed by atoms with Gasteiger partial charge in [0.1, 0.15) is 5.75 Å². The van der Waals surface area contributed by atoms with E-state index in [0.717, 1.165) is 33.5 Å². The van der Waals surface area contributed by atoms with Gasteiger partial charge in [-0.3, -0.25) is 4.79 Å². The van der Waals surface area contributed by atoms with Crippen molar-refractivity contribution in [3.63, 3.8) is 0 Å². The SMILES string of the molecule is Cc1cc(C)c(NC(=O)[C@@H](C)OC(=O)COc2ccc(C)c(C)c2)c(C)c1. The lowest BCUT2D eigenvalue weighted by Crippen LogP contribution is -2.32. The Hall–Kier alpha value is -2.82. The van der Waals surface area contributed by atoms with Gasteiger partial charge in [0.2, 0.25) is 0 Å². The van der Waals surface area contributed by atoms with Gasteiger partial charge in [-0.15, -0.1) is 0 Å². The van der Waals surface area contributed by atoms with Crippen molar-refractivity contribution in [2.24, 2.45) is 0 Å². The van der Waals surface area contributed by atoms with Gasteiger partial charge in [-0.2, -0.15) is 0 Å². The molecular weight excluding hydrogens is 342 g/mol. The van der Waals surface area contributed by atoms with Crippen molar-refractivity contribution >= 4 is 17.6 Å². The van der Waals surface area contributed by atoms with Gasteiger partial charge in [0.25, 0.3) is 5.91 Å². The molecule has 0 aliphatic carbocycles. The van der Waals surface area contributed by atoms with E-state index in [9.17, 15) is 9.59 Å². The van der Waals surface area contributed by atoms with Gasteiger partial charge in [-0.05, 0) is 75.9 Å². The summed E-state index contributed by atoms with van der Waals surface area (Å²) in [5.74, 6) is -0.365. The van der Waals surface area contributed by atoms with Crippen molar-refractivity contribution < 1.29 is 19.1 Å². The largest absolute Gasteiger partial charge is 0.482 e. The Morgan fingerprint density at radius 1 is 0.926 bits per heavy atom. The van der Waals surface area contributed by atoms with Crippen LogP contribution in [-0.2, 0) is 14.3 Å². The Morgan fingerprint density at radius 2 is 1.56 bits per heavy atom. The van der Waals surface area contributed by atoms with Crippen LogP contribution in [0.25, 0.3) is 0 Å². The standard InChI is InChI=1S/C22H27NO4/c1-13-9-16(4)21(17(5)10-13)23-22(25)18(6)27-20(24)12-26-19-8-7-14(2)15(3)11-19/h7-11,18H,12H2,1-6H3,(H,23,25)/t18-/m1/s1. The highest BCUT2D eigenvalue weighted by Gasteiger charge is 2.19. The third-order valence-electron chi connectivity index (χ3n) is 4.44. The van der Waals surface area contributed by atoms with E-state index in [1.807, 2.05) is 58.9 Å². The fourth-order valence-electron chi connectivity index (χ4n) is 2.83. The van der Waals surface area contributed by atoms with Crippen LogP contribution in [0.4, 0.5) is 5.69 Å². The molecule has 0 heterocycles. The molecule has 0 aliphatic rings. The Balaban J connectivity index is 1.90. The van der Waals surface area contributed by atoms with Crippen LogP contribution in [-0.4, -0.2) is 24.6 Å². The number of anilines is 1. The van der Waals surface area contributed by atoms with E-state index in [4.69, 9.17) is 9.47 Å². The molecule has 1 N–H and O–H groups in total. The van der Waals surface area contributed by atoms with Crippen LogP contribution in [0.15, 0.2) is 30.3 Å². The maximum atomic E-state index is 12.4. The smallest absolute Gasteiger partial charge is 0.344 e. The highest BCUT2D eigenvalue weighted by molar-refractivity contribution is 5.96. The number of hydrogen-bond acceptors (Lipinski definition) is 4. The van der Waals surface area contributed by atoms with E-state index >= 15 is 0 Å². The lowest BCUT2D eigenvalue weighted by Gasteiger charge is -2.17. The van der Waals surface area contributed by atoms with Crippen molar-refractivity contribution in [2.45, 2.75) is 47.6 Å². The third kappa shape index (κ3) is 5.58. The first-order chi connectivity index (χ1) is 12.7. The quantitative estimate of drug-likeness (QED) is 0.776. The summed E-state index contributed by atoms with van der Waals surface area (Å²) in [5, 5.41) is 2.84. The maximum absolute atomic E-state index is 12.4. The van der Waals surface area contributed by atoms with E-state index in [-0.39, 0.29) is 12.5 Å². The van der Waals surface area contributed by atoms with E-state index in [0.29, 0.717) is 5.75 Å². The number of esters is 1. The molecule has 5 heteroatoms. The zero-order valence-electron chi connectivity index (χ0n) is 16.8. The summed E-state index contributed by atoms with van der Waals surface area (Å²) in [4.78, 5) is 24.4. The highest BCUT2D eigenvalue weighted by atomic mass is 16.6. The fraction of sp³-hybridized carbons (Fsp3) is 0.364. The van der Waals surface area contributed by atoms with E-state index < -0.39 is 12.1 Å². The number of nitrogens with one attached hydrogen (secondary N) is 1. The first-order valence-electron chi connectivity index (χ1n) is 8.95. The molecule has 2 rings (SSSR count). The van der Waals surface area contributed by atoms with Gasteiger partial charge in [-0.25, -0.2) is 4.79 Å². The summed E-state index contributed by atoms with van der Waals surface area (Å²) >= 11 is 0. The normalized spacial score (nSPS) is 11.6. The Labute approximate surface area is 160 Å². The number of rotatable bonds is 6. The summed E-state index contributed by atoms with van der Waals surface area (Å²) < 4.78 is 10.6. The van der Waals surface area contributed by atoms with E-state index in [1.54, 1.807) is 13.0 Å². The Kier molecular flexibility index (Phi) is 6.61. The van der Waals surface area contributed by atoms with Crippen molar-refractivity contribution in [3.8, 4) is 5.75 Å². The van der Waals surface area contributed by atoms with Crippen LogP contribution < -0.4 is 10.1 Å². The topological polar surface area (TPSA) is 64.6 Å². The van der Waals surface area contributed by atoms with Crippen molar-refractivity contribution in [2.75, 3.05) is 11.9 Å². The second-order valence-electron chi connectivity index (χ2n) is 6.93. The van der Waals surface area contributed by atoms with Gasteiger partial charge in [-0.1, -0.05) is 23.8 Å². The summed E-state index contributed by atoms with van der Waals surface area (Å²) in [5.41, 5.74) is 6.05. The predicted molar refractivity (Wildman–Crippen MR) is 106 cm³/mol. The van der Waals surface area contributed by atoms with Crippen molar-refractivity contribution in [1.82, 2.24) is 0 Å². The van der Waals surface area contributed by atoms with Crippen LogP contribution in [0.2, 0.25) is 0 Å². The molecule has 0 aromatic heterocycles. The van der Waals surface area contributed by atoms with Gasteiger partial charge < -0.3 is 14.8 Å². The molecule has 2 aromatic rings. The molecule has 0 radical (unpaired) electrons. The molecule has 0 saturated carbocycles. The Morgan fingerprint density at radius 3 is 2.15 bits per heavy atom. The van der Waals surface area contributed by atoms with E-state index in [1.165, 1.54) is 0 Å². The number of amides is 1. The van der Waals surface area contributed by atoms with Crippen LogP contribution in [0.1, 0.15) is 34.7 Å². The fourth-order valence-corrected chi connectivity index (χ4v) is 2.83. The zero-order valence-corrected chi connectivity index (χ0v) is 16.8. The summed E-state index contributed by atoms with van der Waals surface area (Å²) in [6.07, 6.45) is -0.916. The lowest BCUT2D eigenvalue weighted by atomic mass is 10.0. The number of carbonyl (C=O) groups is 2. The maximum Gasteiger partial charge on any atom is 0.344 e. The van der Waals surface area contributed by atoms with Crippen LogP contribution in [0.3, 0.4) is 0 Å². The van der Waals surface area contributed by atoms with Gasteiger partial charge in [0.05, 0.1) is 0 Å². The average molecular weight is 369 g/mol. The number of benzene rings is 2. The number of aryl methyl sites for hydroxylation is 5. The second kappa shape index (κ2) is 8.71. The molecule has 1 amide bonds. The van der Waals surface area contributed by atoms with Crippen LogP contribution in [0.5, 0.6) is 5.75 Å². The molecule has 0 spiro atoms. The molecule has 0 aliphatic heterocycles. The summed E-state index contributed by atoms with van der Waals surface area (Å²) in [7, 11) is 0. The Bertz CT molecular complexity index is 834. The average Bonchev–Trinajstić information content (AvgIpc) is 2.58. The van der Waals surface area contributed by atoms with Crippen molar-refractivity contribution in [3.05, 3.63) is 58.1 Å². The molecule has 0 fully saturated rings. The lowest BCUT2D eigenvalue weighted by molar-refractivity contribution is -0.155. The number of carbonyl (C=O) groups excluding carboxylic acids is 2. The number of ether oxygens (including phenoxy) is 2. The van der Waals surface area contributed by atoms with Gasteiger partial charge in [0, 0.05) is 5.69 Å². The summed E-state index contributed by atoms with van der Waals surface area (Å²) in [6, 6.07) is 9.59. The van der Waals surface area contributed by atoms with E-state index in [2.05, 4.69) is 5.32 Å². The molecule has 0 unspecified atom stereocenters. The molecular formula is C22H27NO4. The third-order valence-corrected chi connectivity index (χ3v) is 4.44. The van der Waals surface area contributed by atoms with Crippen LogP contribution >= 0.6 is 0 Å². The zero-order chi connectivity index (χ0) is 20.1. The predicted octanol–water partition coefficient (Wildman–Crippen LogP) is 4.18. The minimum absolute atomic E-state index is 0.247. The van der Waals surface area contributed by atoms with Crippen molar-refractivity contribution in [1.29, 1.82) is 0 Å². The molecule has 0 saturated heterocycles. The number of hydrogen-bond donors (Lipinski definition) is 1. The van der Waals surface area contributed by atoms with Gasteiger partial charge in [0.15, 0.2) is 12.7 Å². The summed E-state index contributed by atoms with van der Waals surface area (Å²) in [6.45, 7) is 11.1. The molecule has 1 atom stereocenters. The van der Waals surface area contributed by atoms with Gasteiger partial charge >= 0.3 is 5.97 Å². The van der Waals surface area contributed by atoms with Crippen LogP contribution in [0, 0.1) is 34.6 Å². The monoisotopic (exact) mass is 369 g/mol. The molecule has 0 bridgehead atoms. The second-order valence-corrected chi connectivity index (χ2v) is 6.93.